The van der Waals surface area contributed by atoms with Gasteiger partial charge in [0.05, 0.1) is 5.39 Å². The standard InChI is InChI=1S/C19H22N4O2/c1-12-7-6-10-23-16(12)20-17-14(18(23)24)11-15(21(17)3)19(25)22-9-5-4-8-13(22)2/h6-7,10-11,13H,4-5,8-9H2,1-3H3/t13-/m1/s1. The molecule has 1 atom stereocenters. The average molecular weight is 338 g/mol. The van der Waals surface area contributed by atoms with Crippen molar-refractivity contribution >= 4 is 22.6 Å². The predicted octanol–water partition coefficient (Wildman–Crippen LogP) is 2.51. The minimum atomic E-state index is -0.134. The van der Waals surface area contributed by atoms with E-state index < -0.39 is 0 Å². The molecule has 1 saturated heterocycles. The number of piperidine rings is 1. The molecule has 4 rings (SSSR count). The molecule has 6 nitrogen and oxygen atoms in total. The van der Waals surface area contributed by atoms with Crippen LogP contribution in [-0.4, -0.2) is 37.3 Å². The van der Waals surface area contributed by atoms with Crippen LogP contribution in [0, 0.1) is 6.92 Å². The maximum Gasteiger partial charge on any atom is 0.270 e. The van der Waals surface area contributed by atoms with E-state index in [1.807, 2.05) is 31.0 Å². The van der Waals surface area contributed by atoms with E-state index in [1.165, 1.54) is 0 Å². The highest BCUT2D eigenvalue weighted by Crippen LogP contribution is 2.22. The lowest BCUT2D eigenvalue weighted by atomic mass is 10.0. The predicted molar refractivity (Wildman–Crippen MR) is 97.0 cm³/mol. The first-order chi connectivity index (χ1) is 12.0. The minimum absolute atomic E-state index is 0.0159. The first-order valence-corrected chi connectivity index (χ1v) is 8.77. The van der Waals surface area contributed by atoms with Crippen molar-refractivity contribution in [1.82, 2.24) is 18.9 Å². The van der Waals surface area contributed by atoms with Gasteiger partial charge >= 0.3 is 0 Å². The van der Waals surface area contributed by atoms with Crippen LogP contribution in [0.1, 0.15) is 42.2 Å². The Morgan fingerprint density at radius 1 is 1.28 bits per heavy atom. The molecule has 0 unspecified atom stereocenters. The van der Waals surface area contributed by atoms with E-state index in [-0.39, 0.29) is 17.5 Å². The molecular formula is C19H22N4O2. The van der Waals surface area contributed by atoms with Crippen LogP contribution in [0.5, 0.6) is 0 Å². The largest absolute Gasteiger partial charge is 0.335 e. The Kier molecular flexibility index (Phi) is 3.63. The number of hydrogen-bond acceptors (Lipinski definition) is 3. The molecule has 0 radical (unpaired) electrons. The van der Waals surface area contributed by atoms with Gasteiger partial charge in [-0.15, -0.1) is 0 Å². The van der Waals surface area contributed by atoms with E-state index >= 15 is 0 Å². The molecule has 25 heavy (non-hydrogen) atoms. The maximum absolute atomic E-state index is 13.0. The molecule has 0 saturated carbocycles. The van der Waals surface area contributed by atoms with Crippen LogP contribution in [-0.2, 0) is 7.05 Å². The van der Waals surface area contributed by atoms with Gasteiger partial charge in [-0.1, -0.05) is 6.07 Å². The van der Waals surface area contributed by atoms with Crippen LogP contribution in [0.4, 0.5) is 0 Å². The number of aromatic nitrogens is 3. The van der Waals surface area contributed by atoms with E-state index in [4.69, 9.17) is 0 Å². The van der Waals surface area contributed by atoms with Crippen molar-refractivity contribution in [1.29, 1.82) is 0 Å². The number of rotatable bonds is 1. The highest BCUT2D eigenvalue weighted by atomic mass is 16.2. The molecule has 4 heterocycles. The van der Waals surface area contributed by atoms with Gasteiger partial charge in [-0.3, -0.25) is 14.0 Å². The van der Waals surface area contributed by atoms with Crippen molar-refractivity contribution in [3.8, 4) is 0 Å². The van der Waals surface area contributed by atoms with Gasteiger partial charge in [-0.05, 0) is 50.8 Å². The van der Waals surface area contributed by atoms with Gasteiger partial charge in [0.15, 0.2) is 0 Å². The molecule has 1 aliphatic rings. The van der Waals surface area contributed by atoms with E-state index in [0.29, 0.717) is 22.4 Å². The fourth-order valence-corrected chi connectivity index (χ4v) is 3.78. The Balaban J connectivity index is 1.92. The molecule has 3 aromatic rings. The van der Waals surface area contributed by atoms with Crippen molar-refractivity contribution in [2.75, 3.05) is 6.54 Å². The Morgan fingerprint density at radius 3 is 2.84 bits per heavy atom. The first-order valence-electron chi connectivity index (χ1n) is 8.77. The lowest BCUT2D eigenvalue weighted by Gasteiger charge is -2.33. The van der Waals surface area contributed by atoms with Crippen molar-refractivity contribution in [3.63, 3.8) is 0 Å². The van der Waals surface area contributed by atoms with Gasteiger partial charge < -0.3 is 9.47 Å². The van der Waals surface area contributed by atoms with E-state index in [0.717, 1.165) is 31.4 Å². The Hall–Kier alpha value is -2.63. The van der Waals surface area contributed by atoms with Gasteiger partial charge in [0, 0.05) is 25.8 Å². The second-order valence-electron chi connectivity index (χ2n) is 6.97. The van der Waals surface area contributed by atoms with Gasteiger partial charge in [0.1, 0.15) is 17.0 Å². The quantitative estimate of drug-likeness (QED) is 0.685. The van der Waals surface area contributed by atoms with Crippen molar-refractivity contribution in [2.45, 2.75) is 39.2 Å². The number of amides is 1. The molecule has 1 fully saturated rings. The van der Waals surface area contributed by atoms with E-state index in [9.17, 15) is 9.59 Å². The summed E-state index contributed by atoms with van der Waals surface area (Å²) in [5.74, 6) is -0.0159. The molecule has 3 aromatic heterocycles. The van der Waals surface area contributed by atoms with Crippen LogP contribution >= 0.6 is 0 Å². The summed E-state index contributed by atoms with van der Waals surface area (Å²) >= 11 is 0. The van der Waals surface area contributed by atoms with Crippen molar-refractivity contribution in [3.05, 3.63) is 46.0 Å². The van der Waals surface area contributed by atoms with Crippen LogP contribution in [0.25, 0.3) is 16.7 Å². The highest BCUT2D eigenvalue weighted by molar-refractivity contribution is 5.98. The SMILES string of the molecule is Cc1cccn2c(=O)c3cc(C(=O)N4CCCC[C@H]4C)n(C)c3nc12. The molecule has 0 aliphatic carbocycles. The summed E-state index contributed by atoms with van der Waals surface area (Å²) in [5, 5.41) is 0.485. The van der Waals surface area contributed by atoms with Crippen LogP contribution < -0.4 is 5.56 Å². The molecule has 1 aliphatic heterocycles. The number of carbonyl (C=O) groups is 1. The third kappa shape index (κ3) is 2.35. The lowest BCUT2D eigenvalue weighted by Crippen LogP contribution is -2.42. The number of pyridine rings is 1. The van der Waals surface area contributed by atoms with Gasteiger partial charge in [-0.2, -0.15) is 0 Å². The summed E-state index contributed by atoms with van der Waals surface area (Å²) in [6, 6.07) is 5.69. The first kappa shape index (κ1) is 15.9. The second-order valence-corrected chi connectivity index (χ2v) is 6.97. The molecule has 130 valence electrons. The zero-order chi connectivity index (χ0) is 17.7. The molecule has 0 aromatic carbocycles. The fourth-order valence-electron chi connectivity index (χ4n) is 3.78. The topological polar surface area (TPSA) is 59.6 Å². The van der Waals surface area contributed by atoms with Gasteiger partial charge in [0.25, 0.3) is 11.5 Å². The van der Waals surface area contributed by atoms with Crippen LogP contribution in [0.2, 0.25) is 0 Å². The minimum Gasteiger partial charge on any atom is -0.335 e. The Labute approximate surface area is 145 Å². The molecule has 6 heteroatoms. The Morgan fingerprint density at radius 2 is 2.08 bits per heavy atom. The summed E-state index contributed by atoms with van der Waals surface area (Å²) in [6.07, 6.45) is 4.94. The molecule has 0 N–H and O–H groups in total. The zero-order valence-electron chi connectivity index (χ0n) is 14.8. The van der Waals surface area contributed by atoms with Crippen molar-refractivity contribution in [2.24, 2.45) is 7.05 Å². The Bertz CT molecular complexity index is 1050. The number of nitrogens with zero attached hydrogens (tertiary/aromatic N) is 4. The zero-order valence-corrected chi connectivity index (χ0v) is 14.8. The summed E-state index contributed by atoms with van der Waals surface area (Å²) in [7, 11) is 1.81. The number of aryl methyl sites for hydroxylation is 2. The normalized spacial score (nSPS) is 18.2. The maximum atomic E-state index is 13.0. The highest BCUT2D eigenvalue weighted by Gasteiger charge is 2.27. The average Bonchev–Trinajstić information content (AvgIpc) is 2.93. The van der Waals surface area contributed by atoms with Crippen LogP contribution in [0.15, 0.2) is 29.2 Å². The summed E-state index contributed by atoms with van der Waals surface area (Å²) in [6.45, 7) is 4.79. The summed E-state index contributed by atoms with van der Waals surface area (Å²) in [4.78, 5) is 32.5. The molecular weight excluding hydrogens is 316 g/mol. The number of likely N-dealkylation sites (tertiary alicyclic amines) is 1. The molecule has 1 amide bonds. The molecule has 0 bridgehead atoms. The van der Waals surface area contributed by atoms with E-state index in [1.54, 1.807) is 21.2 Å². The summed E-state index contributed by atoms with van der Waals surface area (Å²) < 4.78 is 3.31. The second kappa shape index (κ2) is 5.72. The third-order valence-corrected chi connectivity index (χ3v) is 5.31. The third-order valence-electron chi connectivity index (χ3n) is 5.31. The van der Waals surface area contributed by atoms with Crippen molar-refractivity contribution < 1.29 is 4.79 Å². The number of carbonyl (C=O) groups excluding carboxylic acids is 1. The van der Waals surface area contributed by atoms with Crippen LogP contribution in [0.3, 0.4) is 0 Å². The van der Waals surface area contributed by atoms with Gasteiger partial charge in [-0.25, -0.2) is 4.98 Å². The monoisotopic (exact) mass is 338 g/mol. The number of hydrogen-bond donors (Lipinski definition) is 0. The lowest BCUT2D eigenvalue weighted by molar-refractivity contribution is 0.0626. The number of fused-ring (bicyclic) bond motifs is 2. The summed E-state index contributed by atoms with van der Waals surface area (Å²) in [5.41, 5.74) is 2.52. The van der Waals surface area contributed by atoms with Gasteiger partial charge in [0.2, 0.25) is 0 Å². The van der Waals surface area contributed by atoms with E-state index in [2.05, 4.69) is 11.9 Å². The molecule has 0 spiro atoms. The fraction of sp³-hybridized carbons (Fsp3) is 0.421. The smallest absolute Gasteiger partial charge is 0.270 e.